The monoisotopic (exact) mass is 334 g/mol. The molecule has 0 saturated heterocycles. The van der Waals surface area contributed by atoms with Crippen LogP contribution in [0.15, 0.2) is 24.3 Å². The lowest BCUT2D eigenvalue weighted by atomic mass is 9.87. The fourth-order valence-corrected chi connectivity index (χ4v) is 1.67. The van der Waals surface area contributed by atoms with Crippen LogP contribution in [0.3, 0.4) is 0 Å². The Hall–Kier alpha value is -1.98. The molecule has 0 aliphatic carbocycles. The minimum absolute atomic E-state index is 0.372. The van der Waals surface area contributed by atoms with Gasteiger partial charge >= 0.3 is 0 Å². The molecule has 0 aliphatic rings. The van der Waals surface area contributed by atoms with Crippen molar-refractivity contribution in [2.75, 3.05) is 0 Å². The number of hydrogen-bond donors (Lipinski definition) is 0. The van der Waals surface area contributed by atoms with Crippen molar-refractivity contribution < 1.29 is 26.3 Å². The lowest BCUT2D eigenvalue weighted by Crippen LogP contribution is -2.12. The number of benzene rings is 2. The molecule has 0 atom stereocenters. The van der Waals surface area contributed by atoms with Crippen LogP contribution in [-0.4, -0.2) is 0 Å². The standard InChI is InChI=1S/C10H11F3.C7H5F3/c1-10(2,3)6-4-7(11)9(13)8(12)5-6;1-4-2-5(8)7(10)6(9)3-4/h4-5H,1-3H3;2-3H,1H3. The molecule has 6 heteroatoms. The molecule has 0 N–H and O–H groups in total. The number of hydrogen-bond acceptors (Lipinski definition) is 0. The molecule has 0 fully saturated rings. The topological polar surface area (TPSA) is 0 Å². The fourth-order valence-electron chi connectivity index (χ4n) is 1.67. The van der Waals surface area contributed by atoms with Crippen LogP contribution in [-0.2, 0) is 5.41 Å². The average Bonchev–Trinajstić information content (AvgIpc) is 2.41. The molecule has 126 valence electrons. The molecule has 0 unspecified atom stereocenters. The summed E-state index contributed by atoms with van der Waals surface area (Å²) in [5.74, 6) is -7.37. The third kappa shape index (κ3) is 5.01. The molecule has 0 amide bonds. The first-order valence-electron chi connectivity index (χ1n) is 6.69. The molecular weight excluding hydrogens is 318 g/mol. The Kier molecular flexibility index (Phi) is 5.86. The van der Waals surface area contributed by atoms with Gasteiger partial charge in [-0.15, -0.1) is 0 Å². The summed E-state index contributed by atoms with van der Waals surface area (Å²) in [6, 6.07) is 3.94. The van der Waals surface area contributed by atoms with Gasteiger partial charge in [0.25, 0.3) is 0 Å². The van der Waals surface area contributed by atoms with E-state index >= 15 is 0 Å². The van der Waals surface area contributed by atoms with Gasteiger partial charge in [0.05, 0.1) is 0 Å². The van der Waals surface area contributed by atoms with Gasteiger partial charge in [0.15, 0.2) is 34.9 Å². The Morgan fingerprint density at radius 3 is 1.22 bits per heavy atom. The van der Waals surface area contributed by atoms with Crippen LogP contribution in [0.2, 0.25) is 0 Å². The Labute approximate surface area is 130 Å². The highest BCUT2D eigenvalue weighted by atomic mass is 19.2. The quantitative estimate of drug-likeness (QED) is 0.421. The summed E-state index contributed by atoms with van der Waals surface area (Å²) in [5, 5.41) is 0. The van der Waals surface area contributed by atoms with Crippen molar-refractivity contribution in [2.24, 2.45) is 0 Å². The van der Waals surface area contributed by atoms with Crippen molar-refractivity contribution in [3.63, 3.8) is 0 Å². The van der Waals surface area contributed by atoms with Gasteiger partial charge in [0.1, 0.15) is 0 Å². The summed E-state index contributed by atoms with van der Waals surface area (Å²) in [5.41, 5.74) is 0.440. The van der Waals surface area contributed by atoms with E-state index in [2.05, 4.69) is 0 Å². The molecule has 0 aromatic heterocycles. The van der Waals surface area contributed by atoms with Gasteiger partial charge < -0.3 is 0 Å². The second-order valence-electron chi connectivity index (χ2n) is 6.05. The van der Waals surface area contributed by atoms with Gasteiger partial charge in [0.2, 0.25) is 0 Å². The minimum atomic E-state index is -1.41. The minimum Gasteiger partial charge on any atom is -0.204 e. The fraction of sp³-hybridized carbons (Fsp3) is 0.294. The molecule has 0 bridgehead atoms. The second kappa shape index (κ2) is 7.06. The van der Waals surface area contributed by atoms with Crippen LogP contribution in [0.25, 0.3) is 0 Å². The van der Waals surface area contributed by atoms with Gasteiger partial charge in [-0.1, -0.05) is 20.8 Å². The summed E-state index contributed by atoms with van der Waals surface area (Å²) >= 11 is 0. The Morgan fingerprint density at radius 1 is 0.609 bits per heavy atom. The largest absolute Gasteiger partial charge is 0.204 e. The molecule has 2 aromatic carbocycles. The normalized spacial score (nSPS) is 11.0. The highest BCUT2D eigenvalue weighted by Crippen LogP contribution is 2.25. The SMILES string of the molecule is CC(C)(C)c1cc(F)c(F)c(F)c1.Cc1cc(F)c(F)c(F)c1. The van der Waals surface area contributed by atoms with Crippen LogP contribution >= 0.6 is 0 Å². The van der Waals surface area contributed by atoms with E-state index in [0.717, 1.165) is 24.3 Å². The van der Waals surface area contributed by atoms with Crippen molar-refractivity contribution >= 4 is 0 Å². The molecule has 0 heterocycles. The molecule has 0 saturated carbocycles. The molecule has 23 heavy (non-hydrogen) atoms. The zero-order chi connectivity index (χ0) is 17.9. The van der Waals surface area contributed by atoms with E-state index < -0.39 is 34.9 Å². The van der Waals surface area contributed by atoms with Crippen LogP contribution < -0.4 is 0 Å². The first kappa shape index (κ1) is 19.1. The Balaban J connectivity index is 0.000000238. The maximum Gasteiger partial charge on any atom is 0.194 e. The third-order valence-electron chi connectivity index (χ3n) is 2.98. The summed E-state index contributed by atoms with van der Waals surface area (Å²) < 4.78 is 74.7. The van der Waals surface area contributed by atoms with Gasteiger partial charge in [-0.05, 0) is 47.7 Å². The van der Waals surface area contributed by atoms with Gasteiger partial charge in [-0.3, -0.25) is 0 Å². The van der Waals surface area contributed by atoms with E-state index in [9.17, 15) is 26.3 Å². The van der Waals surface area contributed by atoms with Crippen molar-refractivity contribution in [1.29, 1.82) is 0 Å². The molecule has 2 rings (SSSR count). The van der Waals surface area contributed by atoms with Crippen LogP contribution in [0.5, 0.6) is 0 Å². The number of halogens is 6. The average molecular weight is 334 g/mol. The maximum atomic E-state index is 12.8. The van der Waals surface area contributed by atoms with Crippen molar-refractivity contribution in [3.05, 3.63) is 70.3 Å². The first-order valence-corrected chi connectivity index (χ1v) is 6.69. The number of aryl methyl sites for hydroxylation is 1. The van der Waals surface area contributed by atoms with Gasteiger partial charge in [0, 0.05) is 0 Å². The highest BCUT2D eigenvalue weighted by molar-refractivity contribution is 5.25. The van der Waals surface area contributed by atoms with E-state index in [-0.39, 0.29) is 5.41 Å². The molecule has 2 aromatic rings. The maximum absolute atomic E-state index is 12.8. The summed E-state index contributed by atoms with van der Waals surface area (Å²) in [7, 11) is 0. The predicted molar refractivity (Wildman–Crippen MR) is 76.1 cm³/mol. The molecule has 0 spiro atoms. The van der Waals surface area contributed by atoms with Crippen LogP contribution in [0.1, 0.15) is 31.9 Å². The van der Waals surface area contributed by atoms with Gasteiger partial charge in [-0.25, -0.2) is 26.3 Å². The summed E-state index contributed by atoms with van der Waals surface area (Å²) in [4.78, 5) is 0. The first-order chi connectivity index (χ1) is 10.4. The molecule has 0 aliphatic heterocycles. The zero-order valence-electron chi connectivity index (χ0n) is 13.1. The van der Waals surface area contributed by atoms with Crippen LogP contribution in [0, 0.1) is 41.8 Å². The summed E-state index contributed by atoms with van der Waals surface area (Å²) in [6.45, 7) is 6.91. The van der Waals surface area contributed by atoms with E-state index in [1.807, 2.05) is 0 Å². The smallest absolute Gasteiger partial charge is 0.194 e. The molecular formula is C17H16F6. The van der Waals surface area contributed by atoms with Crippen molar-refractivity contribution in [2.45, 2.75) is 33.1 Å². The van der Waals surface area contributed by atoms with E-state index in [1.165, 1.54) is 6.92 Å². The zero-order valence-corrected chi connectivity index (χ0v) is 13.1. The Bertz CT molecular complexity index is 655. The van der Waals surface area contributed by atoms with E-state index in [0.29, 0.717) is 11.1 Å². The van der Waals surface area contributed by atoms with E-state index in [1.54, 1.807) is 20.8 Å². The third-order valence-corrected chi connectivity index (χ3v) is 2.98. The number of rotatable bonds is 0. The van der Waals surface area contributed by atoms with Crippen molar-refractivity contribution in [3.8, 4) is 0 Å². The predicted octanol–water partition coefficient (Wildman–Crippen LogP) is 5.81. The lowest BCUT2D eigenvalue weighted by molar-refractivity contribution is 0.439. The molecule has 0 radical (unpaired) electrons. The summed E-state index contributed by atoms with van der Waals surface area (Å²) in [6.07, 6.45) is 0. The molecule has 0 nitrogen and oxygen atoms in total. The second-order valence-corrected chi connectivity index (χ2v) is 6.05. The van der Waals surface area contributed by atoms with E-state index in [4.69, 9.17) is 0 Å². The highest BCUT2D eigenvalue weighted by Gasteiger charge is 2.18. The lowest BCUT2D eigenvalue weighted by Gasteiger charge is -2.19. The van der Waals surface area contributed by atoms with Crippen molar-refractivity contribution in [1.82, 2.24) is 0 Å². The Morgan fingerprint density at radius 2 is 0.913 bits per heavy atom. The van der Waals surface area contributed by atoms with Gasteiger partial charge in [-0.2, -0.15) is 0 Å². The van der Waals surface area contributed by atoms with Crippen LogP contribution in [0.4, 0.5) is 26.3 Å².